The van der Waals surface area contributed by atoms with Gasteiger partial charge in [-0.15, -0.1) is 0 Å². The first-order valence-corrected chi connectivity index (χ1v) is 6.08. The molecule has 0 saturated heterocycles. The molecule has 0 atom stereocenters. The first kappa shape index (κ1) is 16.7. The van der Waals surface area contributed by atoms with Gasteiger partial charge >= 0.3 is 12.1 Å². The summed E-state index contributed by atoms with van der Waals surface area (Å²) in [6.45, 7) is 1.32. The number of hydrogen-bond acceptors (Lipinski definition) is 3. The van der Waals surface area contributed by atoms with E-state index in [9.17, 15) is 22.8 Å². The average molecular weight is 298 g/mol. The lowest BCUT2D eigenvalue weighted by Gasteiger charge is -2.07. The minimum Gasteiger partial charge on any atom is -0.462 e. The summed E-state index contributed by atoms with van der Waals surface area (Å²) in [5.41, 5.74) is -0.326. The summed E-state index contributed by atoms with van der Waals surface area (Å²) >= 11 is 0. The summed E-state index contributed by atoms with van der Waals surface area (Å²) in [5.74, 6) is -3.52. The molecule has 0 N–H and O–H groups in total. The van der Waals surface area contributed by atoms with Crippen molar-refractivity contribution < 1.29 is 27.5 Å². The van der Waals surface area contributed by atoms with E-state index in [0.717, 1.165) is 11.6 Å². The predicted molar refractivity (Wildman–Crippen MR) is 71.3 cm³/mol. The molecule has 0 aliphatic heterocycles. The number of ether oxygens (including phenoxy) is 1. The van der Waals surface area contributed by atoms with E-state index in [1.165, 1.54) is 19.1 Å². The Hall–Kier alpha value is -2.37. The van der Waals surface area contributed by atoms with Crippen molar-refractivity contribution in [3.05, 3.63) is 53.6 Å². The fourth-order valence-electron chi connectivity index (χ4n) is 1.42. The maximum Gasteiger partial charge on any atom is 0.455 e. The minimum atomic E-state index is -5.13. The van der Waals surface area contributed by atoms with Crippen LogP contribution >= 0.6 is 0 Å². The lowest BCUT2D eigenvalue weighted by Crippen LogP contribution is -2.29. The highest BCUT2D eigenvalue weighted by atomic mass is 19.4. The largest absolute Gasteiger partial charge is 0.462 e. The average Bonchev–Trinajstić information content (AvgIpc) is 2.43. The van der Waals surface area contributed by atoms with E-state index in [2.05, 4.69) is 4.74 Å². The molecule has 0 aliphatic rings. The van der Waals surface area contributed by atoms with Gasteiger partial charge in [0.1, 0.15) is 5.57 Å². The first-order chi connectivity index (χ1) is 9.86. The van der Waals surface area contributed by atoms with Crippen LogP contribution in [-0.4, -0.2) is 24.5 Å². The molecule has 21 heavy (non-hydrogen) atoms. The molecule has 0 unspecified atom stereocenters. The molecule has 0 bridgehead atoms. The van der Waals surface area contributed by atoms with E-state index in [1.807, 2.05) is 0 Å². The number of allylic oxidation sites excluding steroid dienone is 2. The number of benzene rings is 1. The highest BCUT2D eigenvalue weighted by Gasteiger charge is 2.43. The summed E-state index contributed by atoms with van der Waals surface area (Å²) in [7, 11) is 0. The van der Waals surface area contributed by atoms with Gasteiger partial charge in [-0.1, -0.05) is 42.5 Å². The quantitative estimate of drug-likeness (QED) is 0.275. The van der Waals surface area contributed by atoms with Gasteiger partial charge in [-0.05, 0) is 18.6 Å². The second-order valence-corrected chi connectivity index (χ2v) is 3.90. The van der Waals surface area contributed by atoms with Crippen molar-refractivity contribution in [2.45, 2.75) is 13.1 Å². The van der Waals surface area contributed by atoms with Crippen molar-refractivity contribution in [1.29, 1.82) is 0 Å². The molecule has 0 amide bonds. The number of carbonyl (C=O) groups is 2. The Bertz CT molecular complexity index is 557. The Morgan fingerprint density at radius 1 is 1.19 bits per heavy atom. The first-order valence-electron chi connectivity index (χ1n) is 6.08. The smallest absolute Gasteiger partial charge is 0.455 e. The van der Waals surface area contributed by atoms with Crippen molar-refractivity contribution in [2.75, 3.05) is 6.61 Å². The number of hydrogen-bond donors (Lipinski definition) is 0. The minimum absolute atomic E-state index is 0.121. The zero-order chi connectivity index (χ0) is 15.9. The van der Waals surface area contributed by atoms with Gasteiger partial charge in [-0.2, -0.15) is 13.2 Å². The molecule has 0 radical (unpaired) electrons. The van der Waals surface area contributed by atoms with Crippen LogP contribution < -0.4 is 0 Å². The third kappa shape index (κ3) is 5.25. The maximum absolute atomic E-state index is 12.4. The Morgan fingerprint density at radius 2 is 1.81 bits per heavy atom. The Balaban J connectivity index is 3.01. The van der Waals surface area contributed by atoms with Gasteiger partial charge in [0.15, 0.2) is 0 Å². The summed E-state index contributed by atoms with van der Waals surface area (Å²) in [6.07, 6.45) is -1.64. The van der Waals surface area contributed by atoms with Crippen molar-refractivity contribution in [2.24, 2.45) is 0 Å². The van der Waals surface area contributed by atoms with Gasteiger partial charge in [0.05, 0.1) is 6.61 Å². The van der Waals surface area contributed by atoms with Crippen molar-refractivity contribution >= 4 is 17.8 Å². The van der Waals surface area contributed by atoms with Gasteiger partial charge in [0.2, 0.25) is 0 Å². The topological polar surface area (TPSA) is 43.4 Å². The number of carbonyl (C=O) groups excluding carboxylic acids is 2. The molecule has 1 aromatic carbocycles. The molecule has 1 aromatic rings. The van der Waals surface area contributed by atoms with Gasteiger partial charge in [0.25, 0.3) is 5.78 Å². The number of rotatable bonds is 5. The molecule has 0 saturated carbocycles. The highest BCUT2D eigenvalue weighted by Crippen LogP contribution is 2.21. The van der Waals surface area contributed by atoms with Crippen LogP contribution in [0.5, 0.6) is 0 Å². The molecular formula is C15H13F3O3. The molecule has 0 spiro atoms. The van der Waals surface area contributed by atoms with Gasteiger partial charge in [-0.25, -0.2) is 4.79 Å². The fraction of sp³-hybridized carbons (Fsp3) is 0.200. The SMILES string of the molecule is CCOC(=O)/C(=C\C=C\c1ccccc1)C(=O)C(F)(F)F. The summed E-state index contributed by atoms with van der Waals surface area (Å²) in [4.78, 5) is 22.6. The maximum atomic E-state index is 12.4. The summed E-state index contributed by atoms with van der Waals surface area (Å²) in [5, 5.41) is 0. The normalized spacial score (nSPS) is 12.5. The van der Waals surface area contributed by atoms with Crippen LogP contribution in [0.1, 0.15) is 12.5 Å². The molecular weight excluding hydrogens is 285 g/mol. The molecule has 112 valence electrons. The second-order valence-electron chi connectivity index (χ2n) is 3.90. The number of alkyl halides is 3. The zero-order valence-electron chi connectivity index (χ0n) is 11.2. The van der Waals surface area contributed by atoms with E-state index in [1.54, 1.807) is 30.3 Å². The lowest BCUT2D eigenvalue weighted by molar-refractivity contribution is -0.168. The summed E-state index contributed by atoms with van der Waals surface area (Å²) < 4.78 is 41.7. The number of esters is 1. The molecule has 0 heterocycles. The van der Waals surface area contributed by atoms with Crippen molar-refractivity contribution in [3.8, 4) is 0 Å². The van der Waals surface area contributed by atoms with Crippen LogP contribution in [0.3, 0.4) is 0 Å². The fourth-order valence-corrected chi connectivity index (χ4v) is 1.42. The molecule has 3 nitrogen and oxygen atoms in total. The van der Waals surface area contributed by atoms with Crippen LogP contribution in [0.4, 0.5) is 13.2 Å². The summed E-state index contributed by atoms with van der Waals surface area (Å²) in [6, 6.07) is 8.72. The zero-order valence-corrected chi connectivity index (χ0v) is 11.2. The third-order valence-electron chi connectivity index (χ3n) is 2.35. The second kappa shape index (κ2) is 7.42. The van der Waals surface area contributed by atoms with Crippen LogP contribution in [0, 0.1) is 0 Å². The highest BCUT2D eigenvalue weighted by molar-refractivity contribution is 6.19. The standard InChI is InChI=1S/C15H13F3O3/c1-2-21-14(20)12(13(19)15(16,17)18)10-6-9-11-7-4-3-5-8-11/h3-10H,2H2,1H3/b9-6+,12-10-. The van der Waals surface area contributed by atoms with Gasteiger partial charge < -0.3 is 4.74 Å². The van der Waals surface area contributed by atoms with E-state index in [-0.39, 0.29) is 6.61 Å². The number of halogens is 3. The molecule has 6 heteroatoms. The molecule has 0 aromatic heterocycles. The lowest BCUT2D eigenvalue weighted by atomic mass is 10.1. The van der Waals surface area contributed by atoms with Crippen molar-refractivity contribution in [3.63, 3.8) is 0 Å². The predicted octanol–water partition coefficient (Wildman–Crippen LogP) is 3.32. The third-order valence-corrected chi connectivity index (χ3v) is 2.35. The van der Waals surface area contributed by atoms with E-state index in [4.69, 9.17) is 0 Å². The molecule has 0 aliphatic carbocycles. The van der Waals surface area contributed by atoms with E-state index < -0.39 is 23.5 Å². The van der Waals surface area contributed by atoms with Crippen LogP contribution in [0.25, 0.3) is 6.08 Å². The van der Waals surface area contributed by atoms with Gasteiger partial charge in [0, 0.05) is 0 Å². The number of ketones is 1. The Labute approximate surface area is 119 Å². The van der Waals surface area contributed by atoms with Crippen molar-refractivity contribution in [1.82, 2.24) is 0 Å². The van der Waals surface area contributed by atoms with E-state index >= 15 is 0 Å². The van der Waals surface area contributed by atoms with E-state index in [0.29, 0.717) is 0 Å². The van der Waals surface area contributed by atoms with Crippen LogP contribution in [0.15, 0.2) is 48.1 Å². The Kier molecular flexibility index (Phi) is 5.90. The molecule has 0 fully saturated rings. The Morgan fingerprint density at radius 3 is 2.33 bits per heavy atom. The van der Waals surface area contributed by atoms with Crippen LogP contribution in [0.2, 0.25) is 0 Å². The monoisotopic (exact) mass is 298 g/mol. The molecule has 1 rings (SSSR count). The van der Waals surface area contributed by atoms with Gasteiger partial charge in [-0.3, -0.25) is 4.79 Å². The number of Topliss-reactive ketones (excluding diaryl/α,β-unsaturated/α-hetero) is 1. The van der Waals surface area contributed by atoms with Crippen LogP contribution in [-0.2, 0) is 14.3 Å².